The van der Waals surface area contributed by atoms with Gasteiger partial charge in [0, 0.05) is 16.7 Å². The zero-order valence-electron chi connectivity index (χ0n) is 14.9. The number of carbonyl (C=O) groups is 1. The van der Waals surface area contributed by atoms with E-state index in [0.717, 1.165) is 22.4 Å². The predicted molar refractivity (Wildman–Crippen MR) is 101 cm³/mol. The van der Waals surface area contributed by atoms with E-state index in [0.29, 0.717) is 11.3 Å². The first kappa shape index (κ1) is 17.5. The third kappa shape index (κ3) is 3.39. The van der Waals surface area contributed by atoms with Gasteiger partial charge in [-0.15, -0.1) is 0 Å². The quantitative estimate of drug-likeness (QED) is 0.654. The monoisotopic (exact) mass is 351 g/mol. The van der Waals surface area contributed by atoms with E-state index >= 15 is 0 Å². The molecule has 1 heterocycles. The van der Waals surface area contributed by atoms with Crippen molar-refractivity contribution in [1.82, 2.24) is 0 Å². The van der Waals surface area contributed by atoms with Crippen molar-refractivity contribution in [2.24, 2.45) is 16.5 Å². The Labute approximate surface area is 152 Å². The number of aliphatic imine (C=N–C) groups is 1. The minimum Gasteiger partial charge on any atom is -0.496 e. The molecule has 0 atom stereocenters. The van der Waals surface area contributed by atoms with Crippen molar-refractivity contribution in [2.75, 3.05) is 7.11 Å². The van der Waals surface area contributed by atoms with Gasteiger partial charge in [-0.1, -0.05) is 18.2 Å². The SMILES string of the molecule is COc1ccccc1C1=CC(C)(C)Oc2ccc(C(=O)N=C(N)N)cc21. The summed E-state index contributed by atoms with van der Waals surface area (Å²) in [5.74, 6) is 0.644. The standard InChI is InChI=1S/C20H21N3O3/c1-20(2)11-15(13-6-4-5-7-16(13)25-3)14-10-12(8-9-17(14)26-20)18(24)23-19(21)22/h4-11H,1-3H3,(H4,21,22,23,24). The van der Waals surface area contributed by atoms with E-state index < -0.39 is 11.5 Å². The van der Waals surface area contributed by atoms with Crippen LogP contribution in [0.1, 0.15) is 35.3 Å². The molecule has 0 aromatic heterocycles. The van der Waals surface area contributed by atoms with Gasteiger partial charge in [-0.25, -0.2) is 0 Å². The number of rotatable bonds is 3. The van der Waals surface area contributed by atoms with Crippen LogP contribution < -0.4 is 20.9 Å². The second-order valence-electron chi connectivity index (χ2n) is 6.52. The van der Waals surface area contributed by atoms with Crippen molar-refractivity contribution in [3.8, 4) is 11.5 Å². The molecular formula is C20H21N3O3. The van der Waals surface area contributed by atoms with E-state index in [1.54, 1.807) is 25.3 Å². The van der Waals surface area contributed by atoms with Gasteiger partial charge in [-0.05, 0) is 49.8 Å². The lowest BCUT2D eigenvalue weighted by molar-refractivity contribution is 0.100. The lowest BCUT2D eigenvalue weighted by Gasteiger charge is -2.32. The molecule has 1 aliphatic heterocycles. The highest BCUT2D eigenvalue weighted by molar-refractivity contribution is 6.03. The summed E-state index contributed by atoms with van der Waals surface area (Å²) in [7, 11) is 1.63. The van der Waals surface area contributed by atoms with Crippen molar-refractivity contribution in [3.05, 3.63) is 65.2 Å². The molecule has 0 saturated carbocycles. The number of methoxy groups -OCH3 is 1. The van der Waals surface area contributed by atoms with Gasteiger partial charge in [0.05, 0.1) is 7.11 Å². The maximum absolute atomic E-state index is 12.2. The Morgan fingerprint density at radius 2 is 1.85 bits per heavy atom. The molecule has 1 amide bonds. The van der Waals surface area contributed by atoms with Crippen molar-refractivity contribution in [3.63, 3.8) is 0 Å². The van der Waals surface area contributed by atoms with Crippen LogP contribution >= 0.6 is 0 Å². The van der Waals surface area contributed by atoms with Crippen LogP contribution in [0.2, 0.25) is 0 Å². The number of nitrogens with zero attached hydrogens (tertiary/aromatic N) is 1. The number of hydrogen-bond acceptors (Lipinski definition) is 3. The molecule has 0 radical (unpaired) electrons. The Hall–Kier alpha value is -3.28. The summed E-state index contributed by atoms with van der Waals surface area (Å²) in [6, 6.07) is 12.9. The molecule has 1 aliphatic rings. The third-order valence-corrected chi connectivity index (χ3v) is 4.01. The van der Waals surface area contributed by atoms with Gasteiger partial charge in [0.2, 0.25) is 0 Å². The topological polar surface area (TPSA) is 99.9 Å². The van der Waals surface area contributed by atoms with Gasteiger partial charge in [-0.2, -0.15) is 4.99 Å². The first-order valence-corrected chi connectivity index (χ1v) is 8.14. The van der Waals surface area contributed by atoms with Gasteiger partial charge in [-0.3, -0.25) is 4.79 Å². The van der Waals surface area contributed by atoms with Crippen molar-refractivity contribution >= 4 is 17.4 Å². The fourth-order valence-corrected chi connectivity index (χ4v) is 2.97. The largest absolute Gasteiger partial charge is 0.496 e. The lowest BCUT2D eigenvalue weighted by atomic mass is 9.88. The van der Waals surface area contributed by atoms with Gasteiger partial charge in [0.15, 0.2) is 5.96 Å². The molecule has 3 rings (SSSR count). The fraction of sp³-hybridized carbons (Fsp3) is 0.200. The first-order chi connectivity index (χ1) is 12.3. The summed E-state index contributed by atoms with van der Waals surface area (Å²) in [5, 5.41) is 0. The van der Waals surface area contributed by atoms with E-state index in [-0.39, 0.29) is 5.96 Å². The molecule has 0 bridgehead atoms. The van der Waals surface area contributed by atoms with Crippen LogP contribution in [0.3, 0.4) is 0 Å². The molecule has 6 nitrogen and oxygen atoms in total. The summed E-state index contributed by atoms with van der Waals surface area (Å²) < 4.78 is 11.6. The molecule has 2 aromatic carbocycles. The molecule has 134 valence electrons. The van der Waals surface area contributed by atoms with Crippen LogP contribution in [0.5, 0.6) is 11.5 Å². The average Bonchev–Trinajstić information content (AvgIpc) is 2.59. The molecule has 4 N–H and O–H groups in total. The minimum atomic E-state index is -0.505. The van der Waals surface area contributed by atoms with Crippen molar-refractivity contribution in [1.29, 1.82) is 0 Å². The zero-order chi connectivity index (χ0) is 18.9. The maximum Gasteiger partial charge on any atom is 0.280 e. The molecule has 0 saturated heterocycles. The molecule has 0 aliphatic carbocycles. The number of hydrogen-bond donors (Lipinski definition) is 2. The molecule has 2 aromatic rings. The number of guanidine groups is 1. The van der Waals surface area contributed by atoms with Gasteiger partial charge in [0.1, 0.15) is 17.1 Å². The van der Waals surface area contributed by atoms with Gasteiger partial charge < -0.3 is 20.9 Å². The molecule has 6 heteroatoms. The Balaban J connectivity index is 2.18. The highest BCUT2D eigenvalue weighted by Crippen LogP contribution is 2.42. The predicted octanol–water partition coefficient (Wildman–Crippen LogP) is 2.71. The summed E-state index contributed by atoms with van der Waals surface area (Å²) in [4.78, 5) is 15.8. The second kappa shape index (κ2) is 6.55. The Morgan fingerprint density at radius 3 is 2.54 bits per heavy atom. The molecule has 0 unspecified atom stereocenters. The highest BCUT2D eigenvalue weighted by Gasteiger charge is 2.29. The number of carbonyl (C=O) groups excluding carboxylic acids is 1. The van der Waals surface area contributed by atoms with Crippen LogP contribution in [-0.2, 0) is 0 Å². The van der Waals surface area contributed by atoms with Crippen LogP contribution in [0.4, 0.5) is 0 Å². The zero-order valence-corrected chi connectivity index (χ0v) is 14.9. The van der Waals surface area contributed by atoms with E-state index in [4.69, 9.17) is 20.9 Å². The molecule has 26 heavy (non-hydrogen) atoms. The third-order valence-electron chi connectivity index (χ3n) is 4.01. The Morgan fingerprint density at radius 1 is 1.12 bits per heavy atom. The normalized spacial score (nSPS) is 14.5. The van der Waals surface area contributed by atoms with Crippen molar-refractivity contribution < 1.29 is 14.3 Å². The number of amides is 1. The van der Waals surface area contributed by atoms with E-state index in [1.807, 2.05) is 44.2 Å². The summed E-state index contributed by atoms with van der Waals surface area (Å²) in [6.45, 7) is 3.95. The first-order valence-electron chi connectivity index (χ1n) is 8.14. The lowest BCUT2D eigenvalue weighted by Crippen LogP contribution is -2.29. The van der Waals surface area contributed by atoms with Crippen molar-refractivity contribution in [2.45, 2.75) is 19.4 Å². The Bertz CT molecular complexity index is 926. The van der Waals surface area contributed by atoms with Crippen LogP contribution in [-0.4, -0.2) is 24.6 Å². The minimum absolute atomic E-state index is 0.273. The number of para-hydroxylation sites is 1. The number of fused-ring (bicyclic) bond motifs is 1. The van der Waals surface area contributed by atoms with Gasteiger partial charge in [0.25, 0.3) is 5.91 Å². The second-order valence-corrected chi connectivity index (χ2v) is 6.52. The summed E-state index contributed by atoms with van der Waals surface area (Å²) in [5.41, 5.74) is 13.1. The van der Waals surface area contributed by atoms with Crippen LogP contribution in [0.25, 0.3) is 5.57 Å². The fourth-order valence-electron chi connectivity index (χ4n) is 2.97. The average molecular weight is 351 g/mol. The molecular weight excluding hydrogens is 330 g/mol. The van der Waals surface area contributed by atoms with E-state index in [1.165, 1.54) is 0 Å². The van der Waals surface area contributed by atoms with E-state index in [2.05, 4.69) is 4.99 Å². The Kier molecular flexibility index (Phi) is 4.42. The number of nitrogens with two attached hydrogens (primary N) is 2. The summed E-state index contributed by atoms with van der Waals surface area (Å²) in [6.07, 6.45) is 2.02. The number of benzene rings is 2. The van der Waals surface area contributed by atoms with Crippen LogP contribution in [0, 0.1) is 0 Å². The molecule has 0 spiro atoms. The van der Waals surface area contributed by atoms with Gasteiger partial charge >= 0.3 is 0 Å². The number of ether oxygens (including phenoxy) is 2. The molecule has 0 fully saturated rings. The van der Waals surface area contributed by atoms with Crippen LogP contribution in [0.15, 0.2) is 53.5 Å². The summed E-state index contributed by atoms with van der Waals surface area (Å²) >= 11 is 0. The smallest absolute Gasteiger partial charge is 0.280 e. The van der Waals surface area contributed by atoms with E-state index in [9.17, 15) is 4.79 Å². The highest BCUT2D eigenvalue weighted by atomic mass is 16.5. The maximum atomic E-state index is 12.2.